The first-order valence-corrected chi connectivity index (χ1v) is 12.8. The van der Waals surface area contributed by atoms with Gasteiger partial charge in [-0.15, -0.1) is 5.06 Å². The maximum atomic E-state index is 12.0. The van der Waals surface area contributed by atoms with Crippen molar-refractivity contribution < 1.29 is 47.7 Å². The predicted octanol–water partition coefficient (Wildman–Crippen LogP) is 2.26. The molecule has 1 fully saturated rings. The highest BCUT2D eigenvalue weighted by molar-refractivity contribution is 6.01. The van der Waals surface area contributed by atoms with E-state index in [0.29, 0.717) is 57.5 Å². The fourth-order valence-corrected chi connectivity index (χ4v) is 3.53. The first kappa shape index (κ1) is 29.9. The Bertz CT molecular complexity index is 695. The van der Waals surface area contributed by atoms with Gasteiger partial charge in [0, 0.05) is 25.9 Å². The third-order valence-corrected chi connectivity index (χ3v) is 5.45. The Hall–Kier alpha value is -2.34. The Morgan fingerprint density at radius 1 is 0.722 bits per heavy atom. The van der Waals surface area contributed by atoms with Gasteiger partial charge in [-0.05, 0) is 38.5 Å². The number of ether oxygens (including phenoxy) is 5. The van der Waals surface area contributed by atoms with Gasteiger partial charge in [0.05, 0.1) is 52.7 Å². The third-order valence-electron chi connectivity index (χ3n) is 5.45. The second kappa shape index (κ2) is 18.9. The fraction of sp³-hybridized carbons (Fsp3) is 0.760. The molecule has 0 saturated carbocycles. The van der Waals surface area contributed by atoms with E-state index in [4.69, 9.17) is 28.5 Å². The number of esters is 1. The van der Waals surface area contributed by atoms with Crippen molar-refractivity contribution in [2.75, 3.05) is 52.9 Å². The summed E-state index contributed by atoms with van der Waals surface area (Å²) in [5.41, 5.74) is 0. The molecule has 0 aromatic carbocycles. The molecule has 1 atom stereocenters. The summed E-state index contributed by atoms with van der Waals surface area (Å²) in [7, 11) is 0. The fourth-order valence-electron chi connectivity index (χ4n) is 3.53. The van der Waals surface area contributed by atoms with Crippen LogP contribution in [-0.4, -0.2) is 87.8 Å². The molecule has 0 bridgehead atoms. The van der Waals surface area contributed by atoms with E-state index in [0.717, 1.165) is 32.1 Å². The molecule has 204 valence electrons. The standard InChI is InChI=1S/C25H39NO10/c27-22-10-11-23(28)26(22)36-25(30)12-14-32-16-18-34-20-19-33-17-15-31-13-6-9-24(29)35-21-7-4-2-1-3-5-8-21/h1-2,21H,3-20H2/b2-1+. The first-order valence-electron chi connectivity index (χ1n) is 12.8. The summed E-state index contributed by atoms with van der Waals surface area (Å²) in [5, 5.41) is 0.519. The molecule has 2 aliphatic rings. The van der Waals surface area contributed by atoms with Gasteiger partial charge in [-0.2, -0.15) is 0 Å². The van der Waals surface area contributed by atoms with Crippen LogP contribution in [0.5, 0.6) is 0 Å². The van der Waals surface area contributed by atoms with Crippen LogP contribution in [0.1, 0.15) is 64.2 Å². The van der Waals surface area contributed by atoms with Crippen molar-refractivity contribution in [3.05, 3.63) is 12.2 Å². The maximum absolute atomic E-state index is 12.0. The van der Waals surface area contributed by atoms with Crippen LogP contribution in [0.25, 0.3) is 0 Å². The van der Waals surface area contributed by atoms with E-state index in [2.05, 4.69) is 12.2 Å². The number of carbonyl (C=O) groups is 4. The Morgan fingerprint density at radius 2 is 1.31 bits per heavy atom. The zero-order chi connectivity index (χ0) is 25.8. The summed E-state index contributed by atoms with van der Waals surface area (Å²) >= 11 is 0. The summed E-state index contributed by atoms with van der Waals surface area (Å²) < 4.78 is 27.1. The number of rotatable bonds is 18. The molecular weight excluding hydrogens is 474 g/mol. The van der Waals surface area contributed by atoms with Crippen LogP contribution in [0.4, 0.5) is 0 Å². The van der Waals surface area contributed by atoms with Gasteiger partial charge in [-0.3, -0.25) is 14.4 Å². The van der Waals surface area contributed by atoms with Gasteiger partial charge in [0.15, 0.2) is 0 Å². The van der Waals surface area contributed by atoms with Crippen molar-refractivity contribution in [3.8, 4) is 0 Å². The molecule has 2 amide bonds. The Labute approximate surface area is 212 Å². The summed E-state index contributed by atoms with van der Waals surface area (Å²) in [6.45, 7) is 2.90. The Balaban J connectivity index is 1.29. The maximum Gasteiger partial charge on any atom is 0.335 e. The Morgan fingerprint density at radius 3 is 1.97 bits per heavy atom. The van der Waals surface area contributed by atoms with E-state index in [9.17, 15) is 19.2 Å². The van der Waals surface area contributed by atoms with Crippen LogP contribution >= 0.6 is 0 Å². The number of allylic oxidation sites excluding steroid dienone is 2. The van der Waals surface area contributed by atoms with Gasteiger partial charge in [-0.1, -0.05) is 12.2 Å². The third kappa shape index (κ3) is 13.7. The number of hydrogen-bond acceptors (Lipinski definition) is 10. The first-order chi connectivity index (χ1) is 17.6. The molecule has 0 N–H and O–H groups in total. The topological polar surface area (TPSA) is 127 Å². The molecule has 36 heavy (non-hydrogen) atoms. The smallest absolute Gasteiger partial charge is 0.335 e. The number of hydroxylamine groups is 2. The molecule has 0 aromatic heterocycles. The summed E-state index contributed by atoms with van der Waals surface area (Å²) in [4.78, 5) is 51.0. The highest BCUT2D eigenvalue weighted by Gasteiger charge is 2.32. The largest absolute Gasteiger partial charge is 0.462 e. The van der Waals surface area contributed by atoms with Gasteiger partial charge in [0.2, 0.25) is 0 Å². The molecule has 11 heteroatoms. The molecule has 11 nitrogen and oxygen atoms in total. The van der Waals surface area contributed by atoms with Crippen LogP contribution in [0.2, 0.25) is 0 Å². The summed E-state index contributed by atoms with van der Waals surface area (Å²) in [5.74, 6) is -1.86. The van der Waals surface area contributed by atoms with Gasteiger partial charge >= 0.3 is 11.9 Å². The molecular formula is C25H39NO10. The number of carbonyl (C=O) groups excluding carboxylic acids is 4. The second-order valence-corrected chi connectivity index (χ2v) is 8.44. The molecule has 1 heterocycles. The van der Waals surface area contributed by atoms with Crippen LogP contribution in [0, 0.1) is 0 Å². The molecule has 1 unspecified atom stereocenters. The zero-order valence-corrected chi connectivity index (χ0v) is 21.0. The lowest BCUT2D eigenvalue weighted by atomic mass is 10.0. The normalized spacial score (nSPS) is 19.1. The van der Waals surface area contributed by atoms with E-state index in [1.165, 1.54) is 0 Å². The minimum Gasteiger partial charge on any atom is -0.462 e. The molecule has 2 rings (SSSR count). The van der Waals surface area contributed by atoms with Crippen molar-refractivity contribution in [3.63, 3.8) is 0 Å². The van der Waals surface area contributed by atoms with Gasteiger partial charge in [-0.25, -0.2) is 4.79 Å². The minimum atomic E-state index is -0.696. The highest BCUT2D eigenvalue weighted by Crippen LogP contribution is 2.16. The molecule has 0 spiro atoms. The van der Waals surface area contributed by atoms with Crippen molar-refractivity contribution in [2.45, 2.75) is 70.3 Å². The van der Waals surface area contributed by atoms with Crippen LogP contribution in [0.3, 0.4) is 0 Å². The molecule has 0 aromatic rings. The van der Waals surface area contributed by atoms with Crippen molar-refractivity contribution >= 4 is 23.8 Å². The van der Waals surface area contributed by atoms with E-state index in [1.807, 2.05) is 0 Å². The second-order valence-electron chi connectivity index (χ2n) is 8.44. The van der Waals surface area contributed by atoms with E-state index in [1.54, 1.807) is 0 Å². The van der Waals surface area contributed by atoms with E-state index >= 15 is 0 Å². The quantitative estimate of drug-likeness (QED) is 0.117. The van der Waals surface area contributed by atoms with Gasteiger partial charge < -0.3 is 28.5 Å². The molecule has 0 radical (unpaired) electrons. The highest BCUT2D eigenvalue weighted by atomic mass is 16.7. The molecule has 1 saturated heterocycles. The van der Waals surface area contributed by atoms with Crippen LogP contribution in [0.15, 0.2) is 12.2 Å². The van der Waals surface area contributed by atoms with Gasteiger partial charge in [0.1, 0.15) is 6.10 Å². The number of imide groups is 1. The van der Waals surface area contributed by atoms with Crippen LogP contribution in [-0.2, 0) is 47.7 Å². The number of nitrogens with zero attached hydrogens (tertiary/aromatic N) is 1. The van der Waals surface area contributed by atoms with Gasteiger partial charge in [0.25, 0.3) is 11.8 Å². The minimum absolute atomic E-state index is 0.0371. The zero-order valence-electron chi connectivity index (χ0n) is 21.0. The average Bonchev–Trinajstić information content (AvgIpc) is 3.15. The monoisotopic (exact) mass is 513 g/mol. The number of hydrogen-bond donors (Lipinski definition) is 0. The molecule has 1 aliphatic carbocycles. The summed E-state index contributed by atoms with van der Waals surface area (Å²) in [6.07, 6.45) is 10.4. The van der Waals surface area contributed by atoms with E-state index in [-0.39, 0.29) is 44.5 Å². The van der Waals surface area contributed by atoms with Crippen molar-refractivity contribution in [1.29, 1.82) is 0 Å². The lowest BCUT2D eigenvalue weighted by Crippen LogP contribution is -2.32. The predicted molar refractivity (Wildman–Crippen MR) is 126 cm³/mol. The summed E-state index contributed by atoms with van der Waals surface area (Å²) in [6, 6.07) is 0. The lowest BCUT2D eigenvalue weighted by Gasteiger charge is -2.18. The molecule has 1 aliphatic heterocycles. The SMILES string of the molecule is O=C(CCCOCCOCCOCCOCCC(=O)ON1C(=O)CCC1=O)OC1CC/C=C/CCC1. The average molecular weight is 514 g/mol. The van der Waals surface area contributed by atoms with E-state index < -0.39 is 17.8 Å². The van der Waals surface area contributed by atoms with Crippen molar-refractivity contribution in [1.82, 2.24) is 5.06 Å². The van der Waals surface area contributed by atoms with Crippen molar-refractivity contribution in [2.24, 2.45) is 0 Å². The van der Waals surface area contributed by atoms with Crippen LogP contribution < -0.4 is 0 Å². The number of amides is 2. The Kier molecular flexibility index (Phi) is 15.7. The lowest BCUT2D eigenvalue weighted by molar-refractivity contribution is -0.198.